The van der Waals surface area contributed by atoms with E-state index in [9.17, 15) is 4.79 Å². The van der Waals surface area contributed by atoms with Gasteiger partial charge in [-0.25, -0.2) is 4.79 Å². The number of alkyl carbamates (subject to hydrolysis) is 1. The first-order chi connectivity index (χ1) is 7.99. The summed E-state index contributed by atoms with van der Waals surface area (Å²) >= 11 is 5.16. The Morgan fingerprint density at radius 3 is 2.47 bits per heavy atom. The first-order valence-electron chi connectivity index (χ1n) is 5.90. The molecule has 0 spiro atoms. The van der Waals surface area contributed by atoms with E-state index in [1.807, 2.05) is 18.7 Å². The fourth-order valence-electron chi connectivity index (χ4n) is 1.45. The molecule has 1 fully saturated rings. The summed E-state index contributed by atoms with van der Waals surface area (Å²) in [5, 5.41) is 3.06. The zero-order valence-electron chi connectivity index (χ0n) is 10.7. The van der Waals surface area contributed by atoms with E-state index in [-0.39, 0.29) is 0 Å². The zero-order chi connectivity index (χ0) is 12.8. The van der Waals surface area contributed by atoms with Crippen LogP contribution in [0, 0.1) is 5.92 Å². The molecule has 1 saturated heterocycles. The Morgan fingerprint density at radius 2 is 1.94 bits per heavy atom. The molecule has 0 radical (unpaired) electrons. The van der Waals surface area contributed by atoms with Crippen molar-refractivity contribution in [3.63, 3.8) is 0 Å². The summed E-state index contributed by atoms with van der Waals surface area (Å²) in [6.45, 7) is 8.01. The Hall–Kier alpha value is -0.880. The summed E-state index contributed by atoms with van der Waals surface area (Å²) in [4.78, 5) is 15.6. The third kappa shape index (κ3) is 5.32. The number of piperazine rings is 1. The topological polar surface area (TPSA) is 44.8 Å². The fraction of sp³-hybridized carbons (Fsp3) is 0.818. The second-order valence-corrected chi connectivity index (χ2v) is 5.10. The van der Waals surface area contributed by atoms with E-state index in [0.717, 1.165) is 26.2 Å². The van der Waals surface area contributed by atoms with Crippen molar-refractivity contribution in [1.82, 2.24) is 15.1 Å². The lowest BCUT2D eigenvalue weighted by Gasteiger charge is -2.33. The van der Waals surface area contributed by atoms with Crippen LogP contribution in [0.1, 0.15) is 13.8 Å². The third-order valence-electron chi connectivity index (χ3n) is 2.55. The maximum absolute atomic E-state index is 11.4. The van der Waals surface area contributed by atoms with Crippen LogP contribution in [0.5, 0.6) is 0 Å². The van der Waals surface area contributed by atoms with E-state index in [0.29, 0.717) is 17.6 Å². The molecule has 0 aromatic carbocycles. The van der Waals surface area contributed by atoms with Crippen molar-refractivity contribution in [2.45, 2.75) is 13.8 Å². The van der Waals surface area contributed by atoms with Gasteiger partial charge in [0.2, 0.25) is 0 Å². The number of amides is 1. The number of hydrogen-bond donors (Lipinski definition) is 1. The van der Waals surface area contributed by atoms with Crippen LogP contribution in [0.4, 0.5) is 4.79 Å². The highest BCUT2D eigenvalue weighted by Crippen LogP contribution is 2.00. The molecule has 1 rings (SSSR count). The monoisotopic (exact) mass is 259 g/mol. The standard InChI is InChI=1S/C11H21N3O2S/c1-9(2)8-16-11(15)12-10(17)14-6-4-13(3)5-7-14/h9H,4-8H2,1-3H3,(H,12,15,17). The van der Waals surface area contributed by atoms with Crippen LogP contribution in [0.3, 0.4) is 0 Å². The summed E-state index contributed by atoms with van der Waals surface area (Å²) in [5.41, 5.74) is 0. The minimum atomic E-state index is -0.456. The lowest BCUT2D eigenvalue weighted by molar-refractivity contribution is 0.136. The number of thiocarbonyl (C=S) groups is 1. The molecule has 5 nitrogen and oxygen atoms in total. The van der Waals surface area contributed by atoms with Crippen LogP contribution in [0.25, 0.3) is 0 Å². The Bertz CT molecular complexity index is 276. The molecule has 0 unspecified atom stereocenters. The van der Waals surface area contributed by atoms with E-state index in [1.165, 1.54) is 0 Å². The van der Waals surface area contributed by atoms with Crippen molar-refractivity contribution in [3.05, 3.63) is 0 Å². The van der Waals surface area contributed by atoms with E-state index in [2.05, 4.69) is 17.3 Å². The van der Waals surface area contributed by atoms with E-state index < -0.39 is 6.09 Å². The molecule has 1 aliphatic heterocycles. The van der Waals surface area contributed by atoms with Gasteiger partial charge < -0.3 is 14.5 Å². The molecule has 1 amide bonds. The second kappa shape index (κ2) is 6.76. The molecule has 17 heavy (non-hydrogen) atoms. The van der Waals surface area contributed by atoms with Crippen molar-refractivity contribution < 1.29 is 9.53 Å². The van der Waals surface area contributed by atoms with Gasteiger partial charge in [0.1, 0.15) is 0 Å². The zero-order valence-corrected chi connectivity index (χ0v) is 11.5. The molecule has 0 atom stereocenters. The molecule has 98 valence electrons. The first kappa shape index (κ1) is 14.2. The molecular weight excluding hydrogens is 238 g/mol. The normalized spacial score (nSPS) is 17.1. The lowest BCUT2D eigenvalue weighted by atomic mass is 10.2. The SMILES string of the molecule is CC(C)COC(=O)NC(=S)N1CCN(C)CC1. The highest BCUT2D eigenvalue weighted by atomic mass is 32.1. The Labute approximate surface area is 108 Å². The average Bonchev–Trinajstić information content (AvgIpc) is 2.27. The lowest BCUT2D eigenvalue weighted by Crippen LogP contribution is -2.51. The molecule has 0 saturated carbocycles. The predicted octanol–water partition coefficient (Wildman–Crippen LogP) is 0.901. The maximum atomic E-state index is 11.4. The van der Waals surface area contributed by atoms with Gasteiger partial charge in [-0.1, -0.05) is 13.8 Å². The van der Waals surface area contributed by atoms with Gasteiger partial charge in [0, 0.05) is 26.2 Å². The van der Waals surface area contributed by atoms with Gasteiger partial charge in [-0.3, -0.25) is 5.32 Å². The summed E-state index contributed by atoms with van der Waals surface area (Å²) in [6.07, 6.45) is -0.456. The summed E-state index contributed by atoms with van der Waals surface area (Å²) < 4.78 is 5.01. The highest BCUT2D eigenvalue weighted by molar-refractivity contribution is 7.80. The van der Waals surface area contributed by atoms with Gasteiger partial charge in [-0.15, -0.1) is 0 Å². The van der Waals surface area contributed by atoms with E-state index >= 15 is 0 Å². The summed E-state index contributed by atoms with van der Waals surface area (Å²) in [6, 6.07) is 0. The first-order valence-corrected chi connectivity index (χ1v) is 6.31. The van der Waals surface area contributed by atoms with Crippen LogP contribution < -0.4 is 5.32 Å². The van der Waals surface area contributed by atoms with Crippen molar-refractivity contribution in [3.8, 4) is 0 Å². The smallest absolute Gasteiger partial charge is 0.413 e. The largest absolute Gasteiger partial charge is 0.449 e. The minimum absolute atomic E-state index is 0.331. The summed E-state index contributed by atoms with van der Waals surface area (Å²) in [5.74, 6) is 0.331. The molecule has 1 N–H and O–H groups in total. The van der Waals surface area contributed by atoms with Crippen LogP contribution in [-0.4, -0.2) is 60.8 Å². The molecule has 0 aliphatic carbocycles. The molecule has 0 aromatic rings. The molecule has 6 heteroatoms. The fourth-order valence-corrected chi connectivity index (χ4v) is 1.72. The number of rotatable bonds is 2. The quantitative estimate of drug-likeness (QED) is 0.747. The van der Waals surface area contributed by atoms with Gasteiger partial charge in [0.05, 0.1) is 6.61 Å². The Balaban J connectivity index is 2.26. The highest BCUT2D eigenvalue weighted by Gasteiger charge is 2.18. The Morgan fingerprint density at radius 1 is 1.35 bits per heavy atom. The molecule has 0 bridgehead atoms. The molecule has 1 heterocycles. The van der Waals surface area contributed by atoms with Crippen LogP contribution >= 0.6 is 12.2 Å². The van der Waals surface area contributed by atoms with Gasteiger partial charge in [-0.05, 0) is 25.2 Å². The van der Waals surface area contributed by atoms with Crippen molar-refractivity contribution in [1.29, 1.82) is 0 Å². The predicted molar refractivity (Wildman–Crippen MR) is 71.0 cm³/mol. The van der Waals surface area contributed by atoms with Gasteiger partial charge in [0.15, 0.2) is 5.11 Å². The van der Waals surface area contributed by atoms with Gasteiger partial charge in [0.25, 0.3) is 0 Å². The molecule has 0 aromatic heterocycles. The third-order valence-corrected chi connectivity index (χ3v) is 2.91. The number of likely N-dealkylation sites (N-methyl/N-ethyl adjacent to an activating group) is 1. The van der Waals surface area contributed by atoms with Crippen LogP contribution in [0.15, 0.2) is 0 Å². The van der Waals surface area contributed by atoms with Gasteiger partial charge >= 0.3 is 6.09 Å². The Kier molecular flexibility index (Phi) is 5.64. The second-order valence-electron chi connectivity index (χ2n) is 4.71. The number of carbonyl (C=O) groups excluding carboxylic acids is 1. The number of nitrogens with zero attached hydrogens (tertiary/aromatic N) is 2. The van der Waals surface area contributed by atoms with Crippen molar-refractivity contribution in [2.75, 3.05) is 39.8 Å². The van der Waals surface area contributed by atoms with Crippen molar-refractivity contribution in [2.24, 2.45) is 5.92 Å². The van der Waals surface area contributed by atoms with Crippen LogP contribution in [-0.2, 0) is 4.74 Å². The average molecular weight is 259 g/mol. The molecule has 1 aliphatic rings. The van der Waals surface area contributed by atoms with E-state index in [1.54, 1.807) is 0 Å². The number of carbonyl (C=O) groups is 1. The minimum Gasteiger partial charge on any atom is -0.449 e. The van der Waals surface area contributed by atoms with Crippen LogP contribution in [0.2, 0.25) is 0 Å². The van der Waals surface area contributed by atoms with E-state index in [4.69, 9.17) is 17.0 Å². The number of ether oxygens (including phenoxy) is 1. The molecular formula is C11H21N3O2S. The van der Waals surface area contributed by atoms with Gasteiger partial charge in [-0.2, -0.15) is 0 Å². The number of nitrogens with one attached hydrogen (secondary N) is 1. The number of hydrogen-bond acceptors (Lipinski definition) is 4. The summed E-state index contributed by atoms with van der Waals surface area (Å²) in [7, 11) is 2.07. The van der Waals surface area contributed by atoms with Crippen molar-refractivity contribution >= 4 is 23.4 Å². The maximum Gasteiger partial charge on any atom is 0.413 e.